The number of hydrogen-bond acceptors (Lipinski definition) is 8. The fourth-order valence-corrected chi connectivity index (χ4v) is 5.12. The summed E-state index contributed by atoms with van der Waals surface area (Å²) < 4.78 is 1.66. The largest absolute Gasteiger partial charge is 0.493 e. The summed E-state index contributed by atoms with van der Waals surface area (Å²) in [5, 5.41) is 18.1. The van der Waals surface area contributed by atoms with Gasteiger partial charge in [0.05, 0.1) is 27.7 Å². The fraction of sp³-hybridized carbons (Fsp3) is 0.400. The average Bonchev–Trinajstić information content (AvgIpc) is 3.20. The molecule has 194 valence electrons. The number of aromatic hydroxyl groups is 1. The molecule has 0 saturated heterocycles. The number of H-pyrrole nitrogens is 2. The van der Waals surface area contributed by atoms with E-state index in [0.29, 0.717) is 33.5 Å². The monoisotopic (exact) mass is 522 g/mol. The molecule has 0 aliphatic heterocycles. The van der Waals surface area contributed by atoms with E-state index >= 15 is 0 Å². The molecule has 1 saturated carbocycles. The second-order valence-corrected chi connectivity index (χ2v) is 11.5. The number of hydrogen-bond donors (Lipinski definition) is 4. The number of carbonyl (C=O) groups excluding carboxylic acids is 1. The molecular weight excluding hydrogens is 492 g/mol. The van der Waals surface area contributed by atoms with Crippen molar-refractivity contribution in [1.82, 2.24) is 34.8 Å². The summed E-state index contributed by atoms with van der Waals surface area (Å²) in [6.07, 6.45) is 5.29. The van der Waals surface area contributed by atoms with E-state index in [4.69, 9.17) is 9.98 Å². The molecule has 0 aromatic carbocycles. The van der Waals surface area contributed by atoms with E-state index < -0.39 is 5.69 Å². The predicted octanol–water partition coefficient (Wildman–Crippen LogP) is 1.11. The minimum absolute atomic E-state index is 0.0574. The third kappa shape index (κ3) is 5.65. The van der Waals surface area contributed by atoms with Gasteiger partial charge in [0.25, 0.3) is 5.91 Å². The maximum atomic E-state index is 12.9. The molecule has 1 amide bonds. The van der Waals surface area contributed by atoms with E-state index in [0.717, 1.165) is 24.3 Å². The SMILES string of the molecule is CN(C)CC(C)(C)CNC(=O)c1ccc(-c2cc(=NC3CC3)n3ncc(=Cc4[nH]c(=O)[nH]c4O)c3n2)s1. The number of carbonyl (C=O) groups is 1. The third-order valence-corrected chi connectivity index (χ3v) is 7.04. The van der Waals surface area contributed by atoms with E-state index in [-0.39, 0.29) is 28.9 Å². The van der Waals surface area contributed by atoms with Crippen molar-refractivity contribution in [2.24, 2.45) is 10.4 Å². The minimum atomic E-state index is -0.507. The first-order valence-corrected chi connectivity index (χ1v) is 12.9. The number of nitrogens with zero attached hydrogens (tertiary/aromatic N) is 5. The highest BCUT2D eigenvalue weighted by atomic mass is 32.1. The topological polar surface area (TPSA) is 144 Å². The van der Waals surface area contributed by atoms with Crippen LogP contribution in [0.2, 0.25) is 0 Å². The van der Waals surface area contributed by atoms with Gasteiger partial charge in [0, 0.05) is 24.4 Å². The van der Waals surface area contributed by atoms with E-state index in [2.05, 4.69) is 39.1 Å². The number of nitrogens with one attached hydrogen (secondary N) is 3. The van der Waals surface area contributed by atoms with Crippen LogP contribution in [0, 0.1) is 5.41 Å². The second kappa shape index (κ2) is 9.60. The van der Waals surface area contributed by atoms with Gasteiger partial charge in [-0.3, -0.25) is 14.8 Å². The van der Waals surface area contributed by atoms with Crippen LogP contribution in [0.25, 0.3) is 22.3 Å². The summed E-state index contributed by atoms with van der Waals surface area (Å²) in [7, 11) is 4.04. The third-order valence-electron chi connectivity index (χ3n) is 5.93. The molecule has 0 atom stereocenters. The molecule has 1 fully saturated rings. The van der Waals surface area contributed by atoms with Gasteiger partial charge in [-0.1, -0.05) is 13.8 Å². The first-order chi connectivity index (χ1) is 17.6. The Kier molecular flexibility index (Phi) is 6.46. The predicted molar refractivity (Wildman–Crippen MR) is 141 cm³/mol. The molecule has 1 aliphatic rings. The number of aromatic amines is 2. The Hall–Kier alpha value is -3.77. The zero-order chi connectivity index (χ0) is 26.3. The number of aromatic nitrogens is 5. The van der Waals surface area contributed by atoms with Gasteiger partial charge in [-0.2, -0.15) is 9.61 Å². The summed E-state index contributed by atoms with van der Waals surface area (Å²) in [5.74, 6) is -0.372. The molecule has 0 bridgehead atoms. The quantitative estimate of drug-likeness (QED) is 0.273. The zero-order valence-corrected chi connectivity index (χ0v) is 22.0. The Morgan fingerprint density at radius 3 is 2.81 bits per heavy atom. The molecule has 4 N–H and O–H groups in total. The van der Waals surface area contributed by atoms with Crippen molar-refractivity contribution in [1.29, 1.82) is 0 Å². The molecule has 12 heteroatoms. The van der Waals surface area contributed by atoms with Crippen LogP contribution < -0.4 is 21.7 Å². The Bertz CT molecular complexity index is 1640. The van der Waals surface area contributed by atoms with Crippen LogP contribution in [-0.2, 0) is 0 Å². The lowest BCUT2D eigenvalue weighted by Gasteiger charge is -2.28. The van der Waals surface area contributed by atoms with Gasteiger partial charge in [0.1, 0.15) is 5.69 Å². The Morgan fingerprint density at radius 2 is 2.14 bits per heavy atom. The van der Waals surface area contributed by atoms with Crippen LogP contribution in [0.4, 0.5) is 0 Å². The van der Waals surface area contributed by atoms with Crippen LogP contribution in [0.5, 0.6) is 5.88 Å². The summed E-state index contributed by atoms with van der Waals surface area (Å²) in [6.45, 7) is 5.68. The van der Waals surface area contributed by atoms with E-state index in [1.165, 1.54) is 11.3 Å². The van der Waals surface area contributed by atoms with Gasteiger partial charge in [0.2, 0.25) is 5.88 Å². The lowest BCUT2D eigenvalue weighted by atomic mass is 9.93. The van der Waals surface area contributed by atoms with Crippen LogP contribution in [0.3, 0.4) is 0 Å². The van der Waals surface area contributed by atoms with Crippen molar-refractivity contribution in [2.75, 3.05) is 27.2 Å². The van der Waals surface area contributed by atoms with Crippen molar-refractivity contribution in [3.63, 3.8) is 0 Å². The second-order valence-electron chi connectivity index (χ2n) is 10.4. The number of thiophene rings is 1. The Balaban J connectivity index is 1.50. The highest BCUT2D eigenvalue weighted by Gasteiger charge is 2.22. The van der Waals surface area contributed by atoms with Crippen LogP contribution >= 0.6 is 11.3 Å². The number of imidazole rings is 1. The normalized spacial score (nSPS) is 15.3. The number of amides is 1. The van der Waals surface area contributed by atoms with Gasteiger partial charge >= 0.3 is 5.69 Å². The zero-order valence-electron chi connectivity index (χ0n) is 21.2. The number of rotatable bonds is 8. The van der Waals surface area contributed by atoms with Crippen molar-refractivity contribution in [2.45, 2.75) is 32.7 Å². The van der Waals surface area contributed by atoms with Gasteiger partial charge in [-0.15, -0.1) is 11.3 Å². The van der Waals surface area contributed by atoms with Crippen LogP contribution in [0.1, 0.15) is 42.1 Å². The molecule has 0 spiro atoms. The summed E-state index contributed by atoms with van der Waals surface area (Å²) in [4.78, 5) is 42.4. The molecule has 4 aromatic rings. The van der Waals surface area contributed by atoms with Gasteiger partial charge in [-0.05, 0) is 50.6 Å². The smallest absolute Gasteiger partial charge is 0.326 e. The van der Waals surface area contributed by atoms with Crippen molar-refractivity contribution < 1.29 is 9.90 Å². The highest BCUT2D eigenvalue weighted by molar-refractivity contribution is 7.17. The summed E-state index contributed by atoms with van der Waals surface area (Å²) in [6, 6.07) is 5.84. The molecule has 0 unspecified atom stereocenters. The first-order valence-electron chi connectivity index (χ1n) is 12.1. The lowest BCUT2D eigenvalue weighted by Crippen LogP contribution is -2.39. The molecule has 5 rings (SSSR count). The molecule has 4 heterocycles. The lowest BCUT2D eigenvalue weighted by molar-refractivity contribution is 0.0933. The fourth-order valence-electron chi connectivity index (χ4n) is 4.24. The van der Waals surface area contributed by atoms with Crippen LogP contribution in [0.15, 0.2) is 34.2 Å². The first kappa shape index (κ1) is 24.9. The molecule has 1 aliphatic carbocycles. The van der Waals surface area contributed by atoms with Crippen molar-refractivity contribution in [3.8, 4) is 16.5 Å². The maximum absolute atomic E-state index is 12.9. The van der Waals surface area contributed by atoms with Crippen molar-refractivity contribution >= 4 is 29.0 Å². The Labute approximate surface area is 216 Å². The van der Waals surface area contributed by atoms with Crippen molar-refractivity contribution in [3.05, 3.63) is 56.2 Å². The molecule has 0 radical (unpaired) electrons. The van der Waals surface area contributed by atoms with Crippen LogP contribution in [-0.4, -0.2) is 73.7 Å². The average molecular weight is 523 g/mol. The van der Waals surface area contributed by atoms with Gasteiger partial charge < -0.3 is 20.3 Å². The minimum Gasteiger partial charge on any atom is -0.493 e. The van der Waals surface area contributed by atoms with Gasteiger partial charge in [0.15, 0.2) is 11.1 Å². The molecule has 4 aromatic heterocycles. The highest BCUT2D eigenvalue weighted by Crippen LogP contribution is 2.27. The molecule has 11 nitrogen and oxygen atoms in total. The van der Waals surface area contributed by atoms with E-state index in [9.17, 15) is 14.7 Å². The van der Waals surface area contributed by atoms with E-state index in [1.807, 2.05) is 32.3 Å². The number of fused-ring (bicyclic) bond motifs is 1. The van der Waals surface area contributed by atoms with E-state index in [1.54, 1.807) is 16.8 Å². The summed E-state index contributed by atoms with van der Waals surface area (Å²) >= 11 is 1.37. The summed E-state index contributed by atoms with van der Waals surface area (Å²) in [5.41, 5.74) is 1.54. The maximum Gasteiger partial charge on any atom is 0.326 e. The Morgan fingerprint density at radius 1 is 1.35 bits per heavy atom. The molecular formula is C25H30N8O3S. The standard InChI is InChI=1S/C25H30N8O3S/c1-25(2,13-32(3)4)12-26-23(35)19-8-7-18(37-19)16-10-20(28-15-5-6-15)33-21(29-16)14(11-27-33)9-17-22(34)31-24(36)30-17/h7-11,15,34H,5-6,12-13H2,1-4H3,(H,26,35)(H2,30,31,36). The van der Waals surface area contributed by atoms with Gasteiger partial charge in [-0.25, -0.2) is 9.78 Å². The molecule has 37 heavy (non-hydrogen) atoms.